The molecule has 138 valence electrons. The molecule has 3 aromatic rings. The van der Waals surface area contributed by atoms with Crippen molar-refractivity contribution in [1.29, 1.82) is 0 Å². The normalized spacial score (nSPS) is 14.5. The van der Waals surface area contributed by atoms with E-state index in [9.17, 15) is 4.79 Å². The van der Waals surface area contributed by atoms with Crippen molar-refractivity contribution in [3.8, 4) is 16.9 Å². The summed E-state index contributed by atoms with van der Waals surface area (Å²) in [6.45, 7) is 0. The van der Waals surface area contributed by atoms with E-state index in [1.165, 1.54) is 23.6 Å². The van der Waals surface area contributed by atoms with Gasteiger partial charge in [0, 0.05) is 6.42 Å². The fourth-order valence-electron chi connectivity index (χ4n) is 3.96. The largest absolute Gasteiger partial charge is 0.490 e. The molecule has 0 aliphatic heterocycles. The molecule has 1 aliphatic rings. The molecule has 1 aliphatic carbocycles. The van der Waals surface area contributed by atoms with Crippen LogP contribution in [0.1, 0.15) is 37.7 Å². The van der Waals surface area contributed by atoms with Gasteiger partial charge in [-0.3, -0.25) is 4.79 Å². The van der Waals surface area contributed by atoms with Gasteiger partial charge in [0.1, 0.15) is 5.75 Å². The van der Waals surface area contributed by atoms with Crippen LogP contribution in [0.25, 0.3) is 21.9 Å². The van der Waals surface area contributed by atoms with Crippen molar-refractivity contribution >= 4 is 16.7 Å². The molecule has 0 bridgehead atoms. The minimum Gasteiger partial charge on any atom is -0.490 e. The highest BCUT2D eigenvalue weighted by molar-refractivity contribution is 5.96. The van der Waals surface area contributed by atoms with Crippen molar-refractivity contribution in [3.63, 3.8) is 0 Å². The molecule has 3 heteroatoms. The van der Waals surface area contributed by atoms with Crippen LogP contribution in [0, 0.1) is 0 Å². The van der Waals surface area contributed by atoms with Gasteiger partial charge in [0.2, 0.25) is 0 Å². The zero-order chi connectivity index (χ0) is 18.6. The first-order chi connectivity index (χ1) is 13.2. The van der Waals surface area contributed by atoms with E-state index in [4.69, 9.17) is 9.84 Å². The molecule has 0 spiro atoms. The quantitative estimate of drug-likeness (QED) is 0.600. The maximum absolute atomic E-state index is 11.1. The average molecular weight is 360 g/mol. The van der Waals surface area contributed by atoms with Gasteiger partial charge in [0.05, 0.1) is 6.10 Å². The lowest BCUT2D eigenvalue weighted by atomic mass is 9.95. The van der Waals surface area contributed by atoms with Gasteiger partial charge >= 0.3 is 5.97 Å². The van der Waals surface area contributed by atoms with Crippen LogP contribution < -0.4 is 4.74 Å². The van der Waals surface area contributed by atoms with Crippen LogP contribution in [0.2, 0.25) is 0 Å². The molecule has 1 saturated carbocycles. The van der Waals surface area contributed by atoms with Gasteiger partial charge in [-0.2, -0.15) is 0 Å². The Kier molecular flexibility index (Phi) is 5.10. The Morgan fingerprint density at radius 3 is 2.59 bits per heavy atom. The molecule has 0 saturated heterocycles. The Morgan fingerprint density at radius 1 is 1.00 bits per heavy atom. The summed E-state index contributed by atoms with van der Waals surface area (Å²) < 4.78 is 6.22. The predicted octanol–water partition coefficient (Wildman–Crippen LogP) is 5.85. The van der Waals surface area contributed by atoms with Gasteiger partial charge < -0.3 is 9.84 Å². The summed E-state index contributed by atoms with van der Waals surface area (Å²) in [5.74, 6) is 0.0597. The van der Waals surface area contributed by atoms with Crippen molar-refractivity contribution in [2.24, 2.45) is 0 Å². The van der Waals surface area contributed by atoms with Gasteiger partial charge in [-0.15, -0.1) is 0 Å². The van der Waals surface area contributed by atoms with Crippen molar-refractivity contribution < 1.29 is 14.6 Å². The number of fused-ring (bicyclic) bond motifs is 1. The third-order valence-electron chi connectivity index (χ3n) is 5.37. The molecule has 0 atom stereocenters. The second kappa shape index (κ2) is 7.83. The number of benzene rings is 3. The Bertz CT molecular complexity index is 950. The third-order valence-corrected chi connectivity index (χ3v) is 5.37. The van der Waals surface area contributed by atoms with Crippen LogP contribution in [0.15, 0.2) is 60.7 Å². The molecule has 0 aromatic heterocycles. The second-order valence-corrected chi connectivity index (χ2v) is 7.27. The summed E-state index contributed by atoms with van der Waals surface area (Å²) in [4.78, 5) is 11.1. The SMILES string of the molecule is O=C(O)CCc1cc(-c2cccc3ccccc23)ccc1OC1CCCC1. The molecule has 3 aromatic carbocycles. The second-order valence-electron chi connectivity index (χ2n) is 7.27. The standard InChI is InChI=1S/C24H24O3/c25-24(26)15-13-19-16-18(12-14-23(19)27-20-8-2-3-9-20)22-11-5-7-17-6-1-4-10-21(17)22/h1,4-7,10-12,14,16,20H,2-3,8-9,13,15H2,(H,25,26). The molecule has 1 fully saturated rings. The van der Waals surface area contributed by atoms with Gasteiger partial charge in [0.25, 0.3) is 0 Å². The zero-order valence-corrected chi connectivity index (χ0v) is 15.4. The van der Waals surface area contributed by atoms with E-state index in [1.54, 1.807) is 0 Å². The average Bonchev–Trinajstić information content (AvgIpc) is 3.20. The molecular formula is C24H24O3. The molecule has 0 heterocycles. The van der Waals surface area contributed by atoms with E-state index in [1.807, 2.05) is 12.1 Å². The van der Waals surface area contributed by atoms with Crippen molar-refractivity contribution in [1.82, 2.24) is 0 Å². The number of hydrogen-bond donors (Lipinski definition) is 1. The molecule has 27 heavy (non-hydrogen) atoms. The Morgan fingerprint density at radius 2 is 1.78 bits per heavy atom. The van der Waals surface area contributed by atoms with Crippen LogP contribution >= 0.6 is 0 Å². The lowest BCUT2D eigenvalue weighted by Gasteiger charge is -2.18. The maximum atomic E-state index is 11.1. The number of carbonyl (C=O) groups is 1. The summed E-state index contributed by atoms with van der Waals surface area (Å²) in [6.07, 6.45) is 5.45. The summed E-state index contributed by atoms with van der Waals surface area (Å²) >= 11 is 0. The smallest absolute Gasteiger partial charge is 0.303 e. The van der Waals surface area contributed by atoms with E-state index < -0.39 is 5.97 Å². The summed E-state index contributed by atoms with van der Waals surface area (Å²) in [5.41, 5.74) is 3.25. The highest BCUT2D eigenvalue weighted by atomic mass is 16.5. The van der Waals surface area contributed by atoms with Crippen LogP contribution in [-0.4, -0.2) is 17.2 Å². The van der Waals surface area contributed by atoms with E-state index in [2.05, 4.69) is 48.5 Å². The molecule has 0 unspecified atom stereocenters. The molecule has 4 rings (SSSR count). The van der Waals surface area contributed by atoms with Crippen LogP contribution in [0.3, 0.4) is 0 Å². The van der Waals surface area contributed by atoms with Crippen molar-refractivity contribution in [2.45, 2.75) is 44.6 Å². The number of aryl methyl sites for hydroxylation is 1. The van der Waals surface area contributed by atoms with Gasteiger partial charge in [-0.25, -0.2) is 0 Å². The van der Waals surface area contributed by atoms with Crippen molar-refractivity contribution in [2.75, 3.05) is 0 Å². The van der Waals surface area contributed by atoms with Crippen LogP contribution in [0.4, 0.5) is 0 Å². The van der Waals surface area contributed by atoms with Crippen molar-refractivity contribution in [3.05, 3.63) is 66.2 Å². The number of carboxylic acids is 1. The number of ether oxygens (including phenoxy) is 1. The minimum absolute atomic E-state index is 0.111. The van der Waals surface area contributed by atoms with Gasteiger partial charge in [-0.1, -0.05) is 48.5 Å². The minimum atomic E-state index is -0.780. The van der Waals surface area contributed by atoms with Gasteiger partial charge in [0.15, 0.2) is 0 Å². The van der Waals surface area contributed by atoms with Gasteiger partial charge in [-0.05, 0) is 71.7 Å². The van der Waals surface area contributed by atoms with E-state index in [0.717, 1.165) is 35.3 Å². The number of aliphatic carboxylic acids is 1. The monoisotopic (exact) mass is 360 g/mol. The highest BCUT2D eigenvalue weighted by Gasteiger charge is 2.19. The predicted molar refractivity (Wildman–Crippen MR) is 108 cm³/mol. The lowest BCUT2D eigenvalue weighted by molar-refractivity contribution is -0.136. The van der Waals surface area contributed by atoms with E-state index in [0.29, 0.717) is 6.42 Å². The first-order valence-corrected chi connectivity index (χ1v) is 9.70. The summed E-state index contributed by atoms with van der Waals surface area (Å²) in [5, 5.41) is 11.5. The summed E-state index contributed by atoms with van der Waals surface area (Å²) in [7, 11) is 0. The van der Waals surface area contributed by atoms with E-state index in [-0.39, 0.29) is 12.5 Å². The Balaban J connectivity index is 1.72. The molecular weight excluding hydrogens is 336 g/mol. The topological polar surface area (TPSA) is 46.5 Å². The number of carboxylic acid groups (broad SMARTS) is 1. The fraction of sp³-hybridized carbons (Fsp3) is 0.292. The first-order valence-electron chi connectivity index (χ1n) is 9.70. The first kappa shape index (κ1) is 17.6. The lowest BCUT2D eigenvalue weighted by Crippen LogP contribution is -2.12. The molecule has 0 radical (unpaired) electrons. The zero-order valence-electron chi connectivity index (χ0n) is 15.4. The summed E-state index contributed by atoms with van der Waals surface area (Å²) in [6, 6.07) is 20.9. The highest BCUT2D eigenvalue weighted by Crippen LogP contribution is 2.34. The number of hydrogen-bond acceptors (Lipinski definition) is 2. The van der Waals surface area contributed by atoms with Crippen LogP contribution in [-0.2, 0) is 11.2 Å². The number of rotatable bonds is 6. The fourth-order valence-corrected chi connectivity index (χ4v) is 3.96. The van der Waals surface area contributed by atoms with E-state index >= 15 is 0 Å². The third kappa shape index (κ3) is 3.97. The molecule has 3 nitrogen and oxygen atoms in total. The van der Waals surface area contributed by atoms with Crippen LogP contribution in [0.5, 0.6) is 5.75 Å². The molecule has 0 amide bonds. The molecule has 1 N–H and O–H groups in total. The maximum Gasteiger partial charge on any atom is 0.303 e. The Hall–Kier alpha value is -2.81. The Labute approximate surface area is 159 Å².